The molecule has 37 heavy (non-hydrogen) atoms. The Hall–Kier alpha value is -4.06. The molecule has 4 aromatic rings. The van der Waals surface area contributed by atoms with Crippen molar-refractivity contribution in [3.63, 3.8) is 0 Å². The summed E-state index contributed by atoms with van der Waals surface area (Å²) < 4.78 is 47.0. The Kier molecular flexibility index (Phi) is 7.12. The molecule has 0 atom stereocenters. The Morgan fingerprint density at radius 2 is 1.86 bits per heavy atom. The fourth-order valence-corrected chi connectivity index (χ4v) is 4.03. The quantitative estimate of drug-likeness (QED) is 0.150. The van der Waals surface area contributed by atoms with E-state index in [9.17, 15) is 28.1 Å². The van der Waals surface area contributed by atoms with Gasteiger partial charge in [-0.3, -0.25) is 14.9 Å². The number of nitrogens with zero attached hydrogens (tertiary/aromatic N) is 4. The normalized spacial score (nSPS) is 12.0. The van der Waals surface area contributed by atoms with Crippen LogP contribution in [-0.2, 0) is 6.18 Å². The molecular weight excluding hydrogens is 557 g/mol. The van der Waals surface area contributed by atoms with Gasteiger partial charge in [0.1, 0.15) is 0 Å². The third kappa shape index (κ3) is 5.53. The van der Waals surface area contributed by atoms with Gasteiger partial charge in [0.15, 0.2) is 5.82 Å². The van der Waals surface area contributed by atoms with Gasteiger partial charge in [-0.2, -0.15) is 22.9 Å². The molecule has 12 heteroatoms. The average molecular weight is 575 g/mol. The van der Waals surface area contributed by atoms with E-state index in [-0.39, 0.29) is 39.3 Å². The van der Waals surface area contributed by atoms with Crippen LogP contribution in [0, 0.1) is 10.1 Å². The van der Waals surface area contributed by atoms with Crippen LogP contribution in [0.3, 0.4) is 0 Å². The average Bonchev–Trinajstić information content (AvgIpc) is 2.83. The van der Waals surface area contributed by atoms with Gasteiger partial charge in [0, 0.05) is 21.7 Å². The number of rotatable bonds is 6. The second kappa shape index (κ2) is 10.1. The third-order valence-electron chi connectivity index (χ3n) is 5.13. The van der Waals surface area contributed by atoms with Crippen LogP contribution >= 0.6 is 15.9 Å². The van der Waals surface area contributed by atoms with Crippen LogP contribution in [0.25, 0.3) is 22.3 Å². The minimum absolute atomic E-state index is 0.00806. The van der Waals surface area contributed by atoms with E-state index in [4.69, 9.17) is 4.74 Å². The maximum Gasteiger partial charge on any atom is 0.416 e. The number of nitro benzene ring substituents is 1. The lowest BCUT2D eigenvalue weighted by Crippen LogP contribution is -2.20. The van der Waals surface area contributed by atoms with Gasteiger partial charge in [0.05, 0.1) is 33.7 Å². The first-order valence-electron chi connectivity index (χ1n) is 10.8. The molecule has 4 rings (SSSR count). The number of hydrogen-bond acceptors (Lipinski definition) is 6. The summed E-state index contributed by atoms with van der Waals surface area (Å²) in [7, 11) is 0. The van der Waals surface area contributed by atoms with Crippen molar-refractivity contribution in [1.29, 1.82) is 0 Å². The highest BCUT2D eigenvalue weighted by Crippen LogP contribution is 2.35. The molecule has 1 heterocycles. The fraction of sp³-hybridized carbons (Fsp3) is 0.160. The van der Waals surface area contributed by atoms with Crippen molar-refractivity contribution in [1.82, 2.24) is 9.66 Å². The second-order valence-electron chi connectivity index (χ2n) is 8.16. The molecule has 0 saturated heterocycles. The SMILES string of the molecule is CC(C)Oc1c(C=Nn2c(-c3cccc(C(F)(F)F)c3)nc3ccccc3c2=O)cc(Br)cc1[N+](=O)[O-]. The van der Waals surface area contributed by atoms with Crippen molar-refractivity contribution in [2.24, 2.45) is 5.10 Å². The lowest BCUT2D eigenvalue weighted by molar-refractivity contribution is -0.386. The van der Waals surface area contributed by atoms with E-state index in [1.165, 1.54) is 36.5 Å². The molecule has 0 saturated carbocycles. The van der Waals surface area contributed by atoms with Gasteiger partial charge in [-0.1, -0.05) is 40.2 Å². The molecule has 0 unspecified atom stereocenters. The number of hydrogen-bond donors (Lipinski definition) is 0. The van der Waals surface area contributed by atoms with E-state index in [2.05, 4.69) is 26.0 Å². The van der Waals surface area contributed by atoms with Gasteiger partial charge < -0.3 is 4.74 Å². The number of nitro groups is 1. The van der Waals surface area contributed by atoms with Crippen LogP contribution in [0.4, 0.5) is 18.9 Å². The number of benzene rings is 3. The Morgan fingerprint density at radius 1 is 1.14 bits per heavy atom. The fourth-order valence-electron chi connectivity index (χ4n) is 3.57. The number of aromatic nitrogens is 2. The van der Waals surface area contributed by atoms with Crippen molar-refractivity contribution in [3.8, 4) is 17.1 Å². The van der Waals surface area contributed by atoms with Gasteiger partial charge in [0.25, 0.3) is 5.56 Å². The molecule has 0 N–H and O–H groups in total. The lowest BCUT2D eigenvalue weighted by Gasteiger charge is -2.14. The van der Waals surface area contributed by atoms with Crippen LogP contribution in [0.1, 0.15) is 25.0 Å². The standard InChI is InChI=1S/C25H18BrF3N4O4/c1-14(2)37-22-16(11-18(26)12-21(22)33(35)36)13-30-32-23(15-6-5-7-17(10-15)25(27,28)29)31-20-9-4-3-8-19(20)24(32)34/h3-14H,1-2H3. The zero-order chi connectivity index (χ0) is 26.9. The monoisotopic (exact) mass is 574 g/mol. The number of fused-ring (bicyclic) bond motifs is 1. The summed E-state index contributed by atoms with van der Waals surface area (Å²) in [4.78, 5) is 28.8. The molecule has 0 bridgehead atoms. The van der Waals surface area contributed by atoms with E-state index in [1.807, 2.05) is 0 Å². The minimum atomic E-state index is -4.61. The first-order valence-corrected chi connectivity index (χ1v) is 11.6. The third-order valence-corrected chi connectivity index (χ3v) is 5.59. The first-order chi connectivity index (χ1) is 17.5. The number of ether oxygens (including phenoxy) is 1. The summed E-state index contributed by atoms with van der Waals surface area (Å²) in [6, 6.07) is 13.5. The maximum absolute atomic E-state index is 13.4. The predicted octanol–water partition coefficient (Wildman–Crippen LogP) is 6.42. The Labute approximate surface area is 216 Å². The number of halogens is 4. The van der Waals surface area contributed by atoms with Crippen molar-refractivity contribution >= 4 is 38.7 Å². The summed E-state index contributed by atoms with van der Waals surface area (Å²) in [5.41, 5.74) is -1.43. The van der Waals surface area contributed by atoms with Crippen molar-refractivity contribution in [2.75, 3.05) is 0 Å². The lowest BCUT2D eigenvalue weighted by atomic mass is 10.1. The van der Waals surface area contributed by atoms with Crippen LogP contribution in [0.5, 0.6) is 5.75 Å². The van der Waals surface area contributed by atoms with Gasteiger partial charge >= 0.3 is 11.9 Å². The summed E-state index contributed by atoms with van der Waals surface area (Å²) in [6.45, 7) is 3.38. The van der Waals surface area contributed by atoms with Gasteiger partial charge in [0.2, 0.25) is 5.75 Å². The van der Waals surface area contributed by atoms with Crippen LogP contribution in [0.15, 0.2) is 75.0 Å². The van der Waals surface area contributed by atoms with Crippen molar-refractivity contribution in [2.45, 2.75) is 26.1 Å². The van der Waals surface area contributed by atoms with Gasteiger partial charge in [-0.25, -0.2) is 4.98 Å². The molecule has 0 radical (unpaired) electrons. The van der Waals surface area contributed by atoms with Gasteiger partial charge in [-0.15, -0.1) is 0 Å². The summed E-state index contributed by atoms with van der Waals surface area (Å²) in [5.74, 6) is -0.212. The minimum Gasteiger partial charge on any atom is -0.484 e. The summed E-state index contributed by atoms with van der Waals surface area (Å²) in [5, 5.41) is 16.0. The molecule has 0 amide bonds. The van der Waals surface area contributed by atoms with E-state index in [0.717, 1.165) is 16.8 Å². The number of alkyl halides is 3. The maximum atomic E-state index is 13.4. The highest BCUT2D eigenvalue weighted by atomic mass is 79.9. The highest BCUT2D eigenvalue weighted by molar-refractivity contribution is 9.10. The van der Waals surface area contributed by atoms with Crippen LogP contribution in [-0.4, -0.2) is 26.9 Å². The molecule has 0 fully saturated rings. The van der Waals surface area contributed by atoms with E-state index in [0.29, 0.717) is 4.47 Å². The highest BCUT2D eigenvalue weighted by Gasteiger charge is 2.31. The zero-order valence-corrected chi connectivity index (χ0v) is 20.9. The van der Waals surface area contributed by atoms with Gasteiger partial charge in [-0.05, 0) is 44.2 Å². The Balaban J connectivity index is 1.97. The number of para-hydroxylation sites is 1. The largest absolute Gasteiger partial charge is 0.484 e. The molecule has 8 nitrogen and oxygen atoms in total. The molecule has 190 valence electrons. The Bertz CT molecular complexity index is 1600. The zero-order valence-electron chi connectivity index (χ0n) is 19.4. The molecule has 0 spiro atoms. The first kappa shape index (κ1) is 26.0. The Morgan fingerprint density at radius 3 is 2.54 bits per heavy atom. The van der Waals surface area contributed by atoms with E-state index < -0.39 is 28.3 Å². The molecule has 3 aromatic carbocycles. The topological polar surface area (TPSA) is 99.6 Å². The summed E-state index contributed by atoms with van der Waals surface area (Å²) in [6.07, 6.45) is -3.86. The van der Waals surface area contributed by atoms with E-state index in [1.54, 1.807) is 32.0 Å². The smallest absolute Gasteiger partial charge is 0.416 e. The molecule has 0 aliphatic rings. The molecular formula is C25H18BrF3N4O4. The molecule has 0 aliphatic heterocycles. The van der Waals surface area contributed by atoms with Crippen molar-refractivity contribution in [3.05, 3.63) is 96.7 Å². The molecule has 0 aliphatic carbocycles. The summed E-state index contributed by atoms with van der Waals surface area (Å²) >= 11 is 3.22. The van der Waals surface area contributed by atoms with Crippen LogP contribution in [0.2, 0.25) is 0 Å². The molecule has 1 aromatic heterocycles. The van der Waals surface area contributed by atoms with Crippen LogP contribution < -0.4 is 10.3 Å². The predicted molar refractivity (Wildman–Crippen MR) is 136 cm³/mol. The second-order valence-corrected chi connectivity index (χ2v) is 9.08. The van der Waals surface area contributed by atoms with E-state index >= 15 is 0 Å². The van der Waals surface area contributed by atoms with Crippen molar-refractivity contribution < 1.29 is 22.8 Å².